The molecule has 0 radical (unpaired) electrons. The Balaban J connectivity index is 2.21. The van der Waals surface area contributed by atoms with Gasteiger partial charge in [-0.3, -0.25) is 0 Å². The number of ether oxygens (including phenoxy) is 1. The average molecular weight is 290 g/mol. The van der Waals surface area contributed by atoms with E-state index < -0.39 is 0 Å². The van der Waals surface area contributed by atoms with Gasteiger partial charge in [0.2, 0.25) is 6.08 Å². The number of halogens is 1. The lowest BCUT2D eigenvalue weighted by Gasteiger charge is -2.11. The molecule has 0 unspecified atom stereocenters. The van der Waals surface area contributed by atoms with Crippen LogP contribution in [0.4, 0.5) is 5.69 Å². The standard InChI is InChI=1S/C15H12ClNO3/c1-10-6-15(12(16)7-14(10)19)20-8-11-4-2-3-5-13(11)17-9-18/h2-7,19H,8H2,1H3. The normalized spacial score (nSPS) is 9.90. The summed E-state index contributed by atoms with van der Waals surface area (Å²) in [6.45, 7) is 1.97. The first kappa shape index (κ1) is 14.1. The maximum absolute atomic E-state index is 10.4. The first-order chi connectivity index (χ1) is 9.61. The molecule has 0 saturated carbocycles. The van der Waals surface area contributed by atoms with E-state index in [9.17, 15) is 9.90 Å². The molecular formula is C15H12ClNO3. The molecule has 2 aromatic carbocycles. The lowest BCUT2D eigenvalue weighted by atomic mass is 10.2. The number of para-hydroxylation sites is 1. The number of rotatable bonds is 4. The van der Waals surface area contributed by atoms with Gasteiger partial charge in [0.15, 0.2) is 0 Å². The van der Waals surface area contributed by atoms with Crippen LogP contribution in [0.1, 0.15) is 11.1 Å². The summed E-state index contributed by atoms with van der Waals surface area (Å²) in [7, 11) is 0. The molecule has 0 aliphatic rings. The zero-order valence-electron chi connectivity index (χ0n) is 10.8. The van der Waals surface area contributed by atoms with Gasteiger partial charge in [-0.15, -0.1) is 0 Å². The molecule has 0 spiro atoms. The van der Waals surface area contributed by atoms with E-state index in [1.165, 1.54) is 12.1 Å². The minimum Gasteiger partial charge on any atom is -0.508 e. The summed E-state index contributed by atoms with van der Waals surface area (Å²) < 4.78 is 5.61. The Hall–Kier alpha value is -2.29. The Morgan fingerprint density at radius 1 is 1.35 bits per heavy atom. The van der Waals surface area contributed by atoms with E-state index in [-0.39, 0.29) is 12.4 Å². The van der Waals surface area contributed by atoms with Crippen LogP contribution >= 0.6 is 11.6 Å². The molecule has 20 heavy (non-hydrogen) atoms. The zero-order chi connectivity index (χ0) is 14.5. The Labute approximate surface area is 121 Å². The van der Waals surface area contributed by atoms with Gasteiger partial charge >= 0.3 is 0 Å². The van der Waals surface area contributed by atoms with Crippen molar-refractivity contribution in [2.45, 2.75) is 13.5 Å². The third-order valence-electron chi connectivity index (χ3n) is 2.79. The van der Waals surface area contributed by atoms with Crippen molar-refractivity contribution in [1.29, 1.82) is 0 Å². The smallest absolute Gasteiger partial charge is 0.240 e. The summed E-state index contributed by atoms with van der Waals surface area (Å²) in [5.41, 5.74) is 1.93. The van der Waals surface area contributed by atoms with Crippen LogP contribution in [0.25, 0.3) is 0 Å². The van der Waals surface area contributed by atoms with Crippen LogP contribution in [0.2, 0.25) is 5.02 Å². The van der Waals surface area contributed by atoms with E-state index in [1.807, 2.05) is 6.07 Å². The molecule has 0 amide bonds. The van der Waals surface area contributed by atoms with Crippen LogP contribution in [0, 0.1) is 6.92 Å². The Morgan fingerprint density at radius 3 is 2.85 bits per heavy atom. The first-order valence-electron chi connectivity index (χ1n) is 5.89. The van der Waals surface area contributed by atoms with Crippen molar-refractivity contribution in [3.63, 3.8) is 0 Å². The molecule has 0 saturated heterocycles. The fourth-order valence-corrected chi connectivity index (χ4v) is 1.91. The highest BCUT2D eigenvalue weighted by Crippen LogP contribution is 2.32. The second-order valence-electron chi connectivity index (χ2n) is 4.19. The molecule has 5 heteroatoms. The summed E-state index contributed by atoms with van der Waals surface area (Å²) in [5.74, 6) is 0.583. The summed E-state index contributed by atoms with van der Waals surface area (Å²) in [6, 6.07) is 10.2. The topological polar surface area (TPSA) is 58.9 Å². The van der Waals surface area contributed by atoms with Crippen molar-refractivity contribution in [1.82, 2.24) is 0 Å². The van der Waals surface area contributed by atoms with E-state index in [4.69, 9.17) is 16.3 Å². The molecule has 0 aromatic heterocycles. The minimum absolute atomic E-state index is 0.119. The molecule has 0 aliphatic heterocycles. The molecular weight excluding hydrogens is 278 g/mol. The molecule has 4 nitrogen and oxygen atoms in total. The van der Waals surface area contributed by atoms with Gasteiger partial charge in [-0.1, -0.05) is 29.8 Å². The number of aromatic hydroxyl groups is 1. The van der Waals surface area contributed by atoms with Crippen molar-refractivity contribution < 1.29 is 14.6 Å². The fraction of sp³-hybridized carbons (Fsp3) is 0.133. The number of nitrogens with zero attached hydrogens (tertiary/aromatic N) is 1. The van der Waals surface area contributed by atoms with Gasteiger partial charge in [0.05, 0.1) is 10.7 Å². The minimum atomic E-state index is 0.119. The molecule has 2 aromatic rings. The third-order valence-corrected chi connectivity index (χ3v) is 3.09. The van der Waals surface area contributed by atoms with Gasteiger partial charge < -0.3 is 9.84 Å². The Bertz CT molecular complexity index is 679. The SMILES string of the molecule is Cc1cc(OCc2ccccc2N=C=O)c(Cl)cc1O. The number of benzene rings is 2. The monoisotopic (exact) mass is 289 g/mol. The van der Waals surface area contributed by atoms with Gasteiger partial charge in [0.1, 0.15) is 18.1 Å². The number of phenols is 1. The van der Waals surface area contributed by atoms with Crippen molar-refractivity contribution in [3.8, 4) is 11.5 Å². The molecule has 0 fully saturated rings. The molecule has 2 rings (SSSR count). The number of phenolic OH excluding ortho intramolecular Hbond substituents is 1. The number of isocyanates is 1. The van der Waals surface area contributed by atoms with Crippen molar-refractivity contribution in [2.24, 2.45) is 4.99 Å². The predicted molar refractivity (Wildman–Crippen MR) is 76.4 cm³/mol. The first-order valence-corrected chi connectivity index (χ1v) is 6.27. The largest absolute Gasteiger partial charge is 0.508 e. The summed E-state index contributed by atoms with van der Waals surface area (Å²) in [4.78, 5) is 14.0. The summed E-state index contributed by atoms with van der Waals surface area (Å²) >= 11 is 6.00. The van der Waals surface area contributed by atoms with E-state index >= 15 is 0 Å². The van der Waals surface area contributed by atoms with Crippen LogP contribution < -0.4 is 4.74 Å². The van der Waals surface area contributed by atoms with Crippen molar-refractivity contribution in [2.75, 3.05) is 0 Å². The number of aliphatic imine (C=N–C) groups is 1. The Morgan fingerprint density at radius 2 is 2.10 bits per heavy atom. The zero-order valence-corrected chi connectivity index (χ0v) is 11.5. The van der Waals surface area contributed by atoms with Gasteiger partial charge in [0, 0.05) is 11.6 Å². The summed E-state index contributed by atoms with van der Waals surface area (Å²) in [6.07, 6.45) is 1.51. The number of aryl methyl sites for hydroxylation is 1. The number of carbonyl (C=O) groups excluding carboxylic acids is 1. The van der Waals surface area contributed by atoms with Gasteiger partial charge in [-0.2, -0.15) is 4.99 Å². The molecule has 0 heterocycles. The Kier molecular flexibility index (Phi) is 4.41. The number of hydrogen-bond acceptors (Lipinski definition) is 4. The highest BCUT2D eigenvalue weighted by molar-refractivity contribution is 6.32. The molecule has 102 valence electrons. The highest BCUT2D eigenvalue weighted by atomic mass is 35.5. The van der Waals surface area contributed by atoms with Crippen LogP contribution in [0.5, 0.6) is 11.5 Å². The van der Waals surface area contributed by atoms with Gasteiger partial charge in [-0.25, -0.2) is 4.79 Å². The van der Waals surface area contributed by atoms with Crippen molar-refractivity contribution >= 4 is 23.4 Å². The van der Waals surface area contributed by atoms with Gasteiger partial charge in [-0.05, 0) is 24.6 Å². The lowest BCUT2D eigenvalue weighted by Crippen LogP contribution is -1.97. The second-order valence-corrected chi connectivity index (χ2v) is 4.60. The van der Waals surface area contributed by atoms with Crippen molar-refractivity contribution in [3.05, 3.63) is 52.5 Å². The molecule has 0 aliphatic carbocycles. The van der Waals surface area contributed by atoms with Gasteiger partial charge in [0.25, 0.3) is 0 Å². The predicted octanol–water partition coefficient (Wildman–Crippen LogP) is 3.90. The van der Waals surface area contributed by atoms with Crippen LogP contribution in [-0.4, -0.2) is 11.2 Å². The maximum Gasteiger partial charge on any atom is 0.240 e. The third kappa shape index (κ3) is 3.18. The second kappa shape index (κ2) is 6.24. The van der Waals surface area contributed by atoms with Crippen LogP contribution in [-0.2, 0) is 11.4 Å². The summed E-state index contributed by atoms with van der Waals surface area (Å²) in [5, 5.41) is 9.85. The maximum atomic E-state index is 10.4. The molecule has 0 bridgehead atoms. The average Bonchev–Trinajstić information content (AvgIpc) is 2.43. The van der Waals surface area contributed by atoms with Crippen LogP contribution in [0.15, 0.2) is 41.4 Å². The van der Waals surface area contributed by atoms with Crippen LogP contribution in [0.3, 0.4) is 0 Å². The molecule has 0 atom stereocenters. The van der Waals surface area contributed by atoms with E-state index in [0.717, 1.165) is 5.56 Å². The fourth-order valence-electron chi connectivity index (χ4n) is 1.70. The van der Waals surface area contributed by atoms with E-state index in [0.29, 0.717) is 22.0 Å². The highest BCUT2D eigenvalue weighted by Gasteiger charge is 2.08. The molecule has 1 N–H and O–H groups in total. The number of hydrogen-bond donors (Lipinski definition) is 1. The quantitative estimate of drug-likeness (QED) is 0.686. The van der Waals surface area contributed by atoms with E-state index in [1.54, 1.807) is 31.2 Å². The van der Waals surface area contributed by atoms with E-state index in [2.05, 4.69) is 4.99 Å². The lowest BCUT2D eigenvalue weighted by molar-refractivity contribution is 0.306.